The molecule has 0 saturated heterocycles. The van der Waals surface area contributed by atoms with Crippen molar-refractivity contribution in [2.45, 2.75) is 0 Å². The van der Waals surface area contributed by atoms with Crippen LogP contribution in [-0.4, -0.2) is 49.1 Å². The zero-order valence-electron chi connectivity index (χ0n) is 6.62. The molecule has 11 heteroatoms. The van der Waals surface area contributed by atoms with Crippen molar-refractivity contribution < 1.29 is 74.4 Å². The summed E-state index contributed by atoms with van der Waals surface area (Å²) in [5, 5.41) is 0. The van der Waals surface area contributed by atoms with Gasteiger partial charge in [0, 0.05) is 0 Å². The SMILES string of the molecule is O.O.O.O.O.O=[Se](=O)(O)O.[H-].[Na+]. The van der Waals surface area contributed by atoms with Gasteiger partial charge in [-0.25, -0.2) is 0 Å². The van der Waals surface area contributed by atoms with E-state index < -0.39 is 13.4 Å². The predicted octanol–water partition coefficient (Wildman–Crippen LogP) is -8.74. The molecule has 0 radical (unpaired) electrons. The smallest absolute Gasteiger partial charge is 1.00 e. The van der Waals surface area contributed by atoms with Crippen LogP contribution in [0.3, 0.4) is 0 Å². The second-order valence-corrected chi connectivity index (χ2v) is 2.33. The van der Waals surface area contributed by atoms with E-state index >= 15 is 0 Å². The summed E-state index contributed by atoms with van der Waals surface area (Å²) in [6.07, 6.45) is 0. The summed E-state index contributed by atoms with van der Waals surface area (Å²) in [7, 11) is 0. The van der Waals surface area contributed by atoms with Crippen molar-refractivity contribution >= 4 is 13.4 Å². The molecule has 0 aromatic heterocycles. The maximum absolute atomic E-state index is 8.82. The first-order valence-electron chi connectivity index (χ1n) is 0.698. The summed E-state index contributed by atoms with van der Waals surface area (Å²) in [6.45, 7) is 0. The molecule has 0 unspecified atom stereocenters. The van der Waals surface area contributed by atoms with Crippen molar-refractivity contribution in [3.8, 4) is 0 Å². The average molecular weight is 259 g/mol. The Morgan fingerprint density at radius 3 is 0.818 bits per heavy atom. The van der Waals surface area contributed by atoms with E-state index in [1.165, 1.54) is 0 Å². The van der Waals surface area contributed by atoms with E-state index in [9.17, 15) is 0 Å². The zero-order valence-corrected chi connectivity index (χ0v) is 9.33. The molecule has 74 valence electrons. The molecule has 0 spiro atoms. The van der Waals surface area contributed by atoms with E-state index in [0.717, 1.165) is 0 Å². The minimum Gasteiger partial charge on any atom is -1.00 e. The summed E-state index contributed by atoms with van der Waals surface area (Å²) in [5.41, 5.74) is 0. The normalized spacial score (nSPS) is 5.27. The van der Waals surface area contributed by atoms with Gasteiger partial charge in [0.05, 0.1) is 0 Å². The van der Waals surface area contributed by atoms with Gasteiger partial charge in [-0.05, 0) is 0 Å². The molecule has 0 aliphatic carbocycles. The largest absolute Gasteiger partial charge is 1.00 e. The molecular weight excluding hydrogens is 246 g/mol. The first-order valence-corrected chi connectivity index (χ1v) is 3.63. The van der Waals surface area contributed by atoms with Gasteiger partial charge in [-0.1, -0.05) is 0 Å². The Bertz CT molecular complexity index is 97.7. The molecular formula is H13NaO9Se. The molecule has 0 aromatic carbocycles. The molecule has 0 aliphatic heterocycles. The summed E-state index contributed by atoms with van der Waals surface area (Å²) in [5.74, 6) is 0. The van der Waals surface area contributed by atoms with Gasteiger partial charge in [0.2, 0.25) is 0 Å². The van der Waals surface area contributed by atoms with Gasteiger partial charge in [0.1, 0.15) is 0 Å². The van der Waals surface area contributed by atoms with Crippen molar-refractivity contribution in [1.82, 2.24) is 0 Å². The van der Waals surface area contributed by atoms with E-state index in [1.54, 1.807) is 0 Å². The minimum absolute atomic E-state index is 0. The van der Waals surface area contributed by atoms with Gasteiger partial charge in [-0.3, -0.25) is 0 Å². The number of rotatable bonds is 0. The van der Waals surface area contributed by atoms with Crippen molar-refractivity contribution in [2.24, 2.45) is 0 Å². The van der Waals surface area contributed by atoms with Gasteiger partial charge in [-0.2, -0.15) is 0 Å². The quantitative estimate of drug-likeness (QED) is 0.403. The number of hydrogen-bond acceptors (Lipinski definition) is 2. The van der Waals surface area contributed by atoms with E-state index in [1.807, 2.05) is 0 Å². The zero-order chi connectivity index (χ0) is 4.50. The van der Waals surface area contributed by atoms with Crippen LogP contribution in [0.5, 0.6) is 0 Å². The molecule has 12 N–H and O–H groups in total. The Hall–Kier alpha value is 0.839. The Balaban J connectivity index is -0.00000000381. The van der Waals surface area contributed by atoms with Gasteiger partial charge >= 0.3 is 59.0 Å². The van der Waals surface area contributed by atoms with Gasteiger partial charge in [0.15, 0.2) is 0 Å². The van der Waals surface area contributed by atoms with Crippen LogP contribution < -0.4 is 29.6 Å². The third-order valence-electron chi connectivity index (χ3n) is 0. The van der Waals surface area contributed by atoms with Crippen molar-refractivity contribution in [3.05, 3.63) is 0 Å². The molecule has 0 fully saturated rings. The molecule has 0 atom stereocenters. The molecule has 9 nitrogen and oxygen atoms in total. The van der Waals surface area contributed by atoms with Crippen molar-refractivity contribution in [1.29, 1.82) is 0 Å². The van der Waals surface area contributed by atoms with E-state index in [0.29, 0.717) is 0 Å². The second kappa shape index (κ2) is 22.4. The Kier molecular flexibility index (Phi) is 121. The molecule has 0 heterocycles. The average Bonchev–Trinajstić information content (AvgIpc) is 0.722. The third-order valence-corrected chi connectivity index (χ3v) is 0. The molecule has 11 heavy (non-hydrogen) atoms. The Labute approximate surface area is 87.6 Å². The number of hydrogen-bond donors (Lipinski definition) is 2. The van der Waals surface area contributed by atoms with Gasteiger partial charge in [0.25, 0.3) is 0 Å². The first-order chi connectivity index (χ1) is 2.00. The summed E-state index contributed by atoms with van der Waals surface area (Å²) in [6, 6.07) is 0. The van der Waals surface area contributed by atoms with E-state index in [4.69, 9.17) is 16.0 Å². The maximum Gasteiger partial charge on any atom is 1.00 e. The van der Waals surface area contributed by atoms with Crippen LogP contribution in [-0.2, 0) is 7.67 Å². The predicted molar refractivity (Wildman–Crippen MR) is 30.7 cm³/mol. The first kappa shape index (κ1) is 59.4. The Morgan fingerprint density at radius 2 is 0.818 bits per heavy atom. The van der Waals surface area contributed by atoms with Crippen LogP contribution in [0.2, 0.25) is 0 Å². The summed E-state index contributed by atoms with van der Waals surface area (Å²) >= 11 is -5.25. The molecule has 0 aliphatic rings. The molecule has 0 saturated carbocycles. The van der Waals surface area contributed by atoms with E-state index in [-0.39, 0.29) is 58.4 Å². The van der Waals surface area contributed by atoms with E-state index in [2.05, 4.69) is 0 Å². The maximum atomic E-state index is 8.82. The van der Waals surface area contributed by atoms with Crippen LogP contribution in [0.25, 0.3) is 0 Å². The fourth-order valence-corrected chi connectivity index (χ4v) is 0. The molecule has 0 aromatic rings. The molecule has 0 amide bonds. The van der Waals surface area contributed by atoms with Crippen LogP contribution in [0.4, 0.5) is 0 Å². The minimum atomic E-state index is -5.25. The topological polar surface area (TPSA) is 232 Å². The molecule has 0 rings (SSSR count). The van der Waals surface area contributed by atoms with Crippen LogP contribution in [0, 0.1) is 0 Å². The van der Waals surface area contributed by atoms with Crippen LogP contribution in [0.1, 0.15) is 1.43 Å². The second-order valence-electron chi connectivity index (χ2n) is 0.448. The Morgan fingerprint density at radius 1 is 0.818 bits per heavy atom. The van der Waals surface area contributed by atoms with Crippen LogP contribution >= 0.6 is 0 Å². The van der Waals surface area contributed by atoms with Crippen molar-refractivity contribution in [2.75, 3.05) is 0 Å². The van der Waals surface area contributed by atoms with Gasteiger partial charge < -0.3 is 28.8 Å². The van der Waals surface area contributed by atoms with Gasteiger partial charge in [-0.15, -0.1) is 0 Å². The van der Waals surface area contributed by atoms with Crippen molar-refractivity contribution in [3.63, 3.8) is 0 Å². The summed E-state index contributed by atoms with van der Waals surface area (Å²) in [4.78, 5) is 0. The van der Waals surface area contributed by atoms with Crippen LogP contribution in [0.15, 0.2) is 0 Å². The molecule has 0 bridgehead atoms. The third kappa shape index (κ3) is 1200. The summed E-state index contributed by atoms with van der Waals surface area (Å²) < 4.78 is 31.9. The standard InChI is InChI=1S/Na.H2O4Se.5H2O.H/c;1-5(2,3)4;;;;;;/h;(H2,1,2,3,4);5*1H2;/q+1;;;;;;;-1. The fraction of sp³-hybridized carbons (Fsp3) is 0. The fourth-order valence-electron chi connectivity index (χ4n) is 0. The monoisotopic (exact) mass is 260 g/mol.